The fourth-order valence-corrected chi connectivity index (χ4v) is 1.07. The molecule has 0 bridgehead atoms. The maximum Gasteiger partial charge on any atom is 1.00 e. The molecule has 0 aromatic heterocycles. The van der Waals surface area contributed by atoms with Gasteiger partial charge < -0.3 is 25.6 Å². The summed E-state index contributed by atoms with van der Waals surface area (Å²) >= 11 is 0. The summed E-state index contributed by atoms with van der Waals surface area (Å²) in [6, 6.07) is -0.647. The summed E-state index contributed by atoms with van der Waals surface area (Å²) in [5, 5.41) is 25.5. The Morgan fingerprint density at radius 2 is 2.12 bits per heavy atom. The van der Waals surface area contributed by atoms with Crippen LogP contribution in [-0.4, -0.2) is 42.9 Å². The van der Waals surface area contributed by atoms with Gasteiger partial charge in [-0.3, -0.25) is 0 Å². The molecule has 0 spiro atoms. The van der Waals surface area contributed by atoms with Gasteiger partial charge in [0.25, 0.3) is 0 Å². The Kier molecular flexibility index (Phi) is 14.3. The van der Waals surface area contributed by atoms with Crippen molar-refractivity contribution in [1.29, 1.82) is 0 Å². The van der Waals surface area contributed by atoms with Crippen LogP contribution in [0.3, 0.4) is 0 Å². The van der Waals surface area contributed by atoms with Crippen molar-refractivity contribution >= 4 is 5.97 Å². The zero-order valence-electron chi connectivity index (χ0n) is 10.9. The molecule has 5 nitrogen and oxygen atoms in total. The second-order valence-electron chi connectivity index (χ2n) is 3.60. The summed E-state index contributed by atoms with van der Waals surface area (Å²) in [6.07, 6.45) is 4.06. The van der Waals surface area contributed by atoms with Gasteiger partial charge in [0.2, 0.25) is 0 Å². The van der Waals surface area contributed by atoms with E-state index in [9.17, 15) is 15.0 Å². The summed E-state index contributed by atoms with van der Waals surface area (Å²) in [5.41, 5.74) is 0. The van der Waals surface area contributed by atoms with Crippen molar-refractivity contribution in [3.8, 4) is 0 Å². The monoisotopic (exact) mass is 252 g/mol. The van der Waals surface area contributed by atoms with E-state index in [0.29, 0.717) is 19.6 Å². The summed E-state index contributed by atoms with van der Waals surface area (Å²) in [6.45, 7) is 5.14. The van der Waals surface area contributed by atoms with Gasteiger partial charge in [0.15, 0.2) is 0 Å². The number of aliphatic hydroxyl groups excluding tert-OH is 1. The maximum absolute atomic E-state index is 10.3. The van der Waals surface area contributed by atoms with E-state index in [-0.39, 0.29) is 29.6 Å². The largest absolute Gasteiger partial charge is 1.00 e. The van der Waals surface area contributed by atoms with Gasteiger partial charge >= 0.3 is 29.6 Å². The number of rotatable bonds is 9. The van der Waals surface area contributed by atoms with Crippen molar-refractivity contribution in [2.24, 2.45) is 0 Å². The number of nitrogens with one attached hydrogen (secondary N) is 2. The fraction of sp³-hybridized carbons (Fsp3) is 0.727. The average molecular weight is 252 g/mol. The molecule has 2 unspecified atom stereocenters. The quantitative estimate of drug-likeness (QED) is 0.219. The van der Waals surface area contributed by atoms with Crippen molar-refractivity contribution in [2.75, 3.05) is 19.6 Å². The van der Waals surface area contributed by atoms with Crippen molar-refractivity contribution in [1.82, 2.24) is 10.6 Å². The van der Waals surface area contributed by atoms with E-state index >= 15 is 0 Å². The molecule has 0 rings (SSSR count). The SMILES string of the molecule is CC/C=C/C(O)CNCCNC(C)C(=O)[O-].[Na+]. The Morgan fingerprint density at radius 3 is 2.65 bits per heavy atom. The van der Waals surface area contributed by atoms with Crippen LogP contribution in [0.4, 0.5) is 0 Å². The Balaban J connectivity index is 0. The molecular weight excluding hydrogens is 231 g/mol. The Labute approximate surface area is 125 Å². The van der Waals surface area contributed by atoms with E-state index in [1.54, 1.807) is 6.08 Å². The molecular formula is C11H21N2NaO3. The van der Waals surface area contributed by atoms with Gasteiger partial charge in [-0.2, -0.15) is 0 Å². The minimum atomic E-state index is -1.11. The number of hydrogen-bond acceptors (Lipinski definition) is 5. The molecule has 94 valence electrons. The molecule has 6 heteroatoms. The van der Waals surface area contributed by atoms with Gasteiger partial charge in [0, 0.05) is 25.7 Å². The zero-order chi connectivity index (χ0) is 12.4. The van der Waals surface area contributed by atoms with Crippen molar-refractivity contribution in [2.45, 2.75) is 32.4 Å². The predicted octanol–water partition coefficient (Wildman–Crippen LogP) is -4.36. The number of carboxylic acids is 1. The predicted molar refractivity (Wildman–Crippen MR) is 60.8 cm³/mol. The molecule has 0 heterocycles. The smallest absolute Gasteiger partial charge is 0.548 e. The molecule has 2 atom stereocenters. The van der Waals surface area contributed by atoms with Crippen LogP contribution in [0.25, 0.3) is 0 Å². The van der Waals surface area contributed by atoms with Gasteiger partial charge in [-0.05, 0) is 13.3 Å². The van der Waals surface area contributed by atoms with Crippen molar-refractivity contribution in [3.63, 3.8) is 0 Å². The van der Waals surface area contributed by atoms with Gasteiger partial charge in [0.1, 0.15) is 0 Å². The van der Waals surface area contributed by atoms with E-state index in [4.69, 9.17) is 0 Å². The molecule has 0 saturated carbocycles. The minimum Gasteiger partial charge on any atom is -0.548 e. The van der Waals surface area contributed by atoms with Gasteiger partial charge in [-0.25, -0.2) is 0 Å². The number of aliphatic carboxylic acids is 1. The van der Waals surface area contributed by atoms with Gasteiger partial charge in [0.05, 0.1) is 12.1 Å². The fourth-order valence-electron chi connectivity index (χ4n) is 1.07. The summed E-state index contributed by atoms with van der Waals surface area (Å²) in [7, 11) is 0. The molecule has 0 aliphatic rings. The van der Waals surface area contributed by atoms with Crippen LogP contribution < -0.4 is 45.3 Å². The van der Waals surface area contributed by atoms with Crippen LogP contribution in [0.5, 0.6) is 0 Å². The first-order chi connectivity index (χ1) is 7.57. The van der Waals surface area contributed by atoms with Crippen LogP contribution in [-0.2, 0) is 4.79 Å². The first-order valence-corrected chi connectivity index (χ1v) is 5.57. The first-order valence-electron chi connectivity index (χ1n) is 5.57. The van der Waals surface area contributed by atoms with E-state index in [1.165, 1.54) is 6.92 Å². The molecule has 0 aromatic rings. The van der Waals surface area contributed by atoms with Crippen molar-refractivity contribution < 1.29 is 44.6 Å². The van der Waals surface area contributed by atoms with Crippen LogP contribution >= 0.6 is 0 Å². The van der Waals surface area contributed by atoms with Crippen LogP contribution in [0.2, 0.25) is 0 Å². The zero-order valence-corrected chi connectivity index (χ0v) is 12.9. The average Bonchev–Trinajstić information content (AvgIpc) is 2.25. The molecule has 0 aliphatic heterocycles. The first kappa shape index (κ1) is 19.4. The normalized spacial score (nSPS) is 14.3. The van der Waals surface area contributed by atoms with E-state index < -0.39 is 18.1 Å². The minimum absolute atomic E-state index is 0. The summed E-state index contributed by atoms with van der Waals surface area (Å²) in [4.78, 5) is 10.3. The molecule has 0 aromatic carbocycles. The third-order valence-electron chi connectivity index (χ3n) is 2.05. The van der Waals surface area contributed by atoms with Crippen molar-refractivity contribution in [3.05, 3.63) is 12.2 Å². The molecule has 0 aliphatic carbocycles. The Hall–Kier alpha value is 0.0900. The molecule has 0 saturated heterocycles. The Bertz CT molecular complexity index is 225. The number of carboxylic acid groups (broad SMARTS) is 1. The molecule has 0 fully saturated rings. The van der Waals surface area contributed by atoms with E-state index in [2.05, 4.69) is 10.6 Å². The van der Waals surface area contributed by atoms with Crippen LogP contribution in [0, 0.1) is 0 Å². The topological polar surface area (TPSA) is 84.4 Å². The standard InChI is InChI=1S/C11H22N2O3.Na/c1-3-4-5-10(14)8-12-6-7-13-9(2)11(15)16;/h4-5,9-10,12-14H,3,6-8H2,1-2H3,(H,15,16);/q;+1/p-1/b5-4+;. The van der Waals surface area contributed by atoms with Crippen LogP contribution in [0.1, 0.15) is 20.3 Å². The molecule has 0 radical (unpaired) electrons. The molecule has 17 heavy (non-hydrogen) atoms. The van der Waals surface area contributed by atoms with E-state index in [1.807, 2.05) is 13.0 Å². The number of carbonyl (C=O) groups is 1. The van der Waals surface area contributed by atoms with Gasteiger partial charge in [-0.1, -0.05) is 19.1 Å². The second kappa shape index (κ2) is 12.5. The summed E-state index contributed by atoms with van der Waals surface area (Å²) < 4.78 is 0. The third kappa shape index (κ3) is 12.3. The Morgan fingerprint density at radius 1 is 1.47 bits per heavy atom. The molecule has 3 N–H and O–H groups in total. The number of aliphatic hydroxyl groups is 1. The van der Waals surface area contributed by atoms with Gasteiger partial charge in [-0.15, -0.1) is 0 Å². The number of carbonyl (C=O) groups excluding carboxylic acids is 1. The number of allylic oxidation sites excluding steroid dienone is 1. The third-order valence-corrected chi connectivity index (χ3v) is 2.05. The maximum atomic E-state index is 10.3. The number of hydrogen-bond donors (Lipinski definition) is 3. The van der Waals surface area contributed by atoms with Crippen LogP contribution in [0.15, 0.2) is 12.2 Å². The molecule has 0 amide bonds. The second-order valence-corrected chi connectivity index (χ2v) is 3.60. The van der Waals surface area contributed by atoms with E-state index in [0.717, 1.165) is 6.42 Å². The summed E-state index contributed by atoms with van der Waals surface area (Å²) in [5.74, 6) is -1.11.